The summed E-state index contributed by atoms with van der Waals surface area (Å²) in [6.45, 7) is 1.88. The van der Waals surface area contributed by atoms with E-state index in [-0.39, 0.29) is 18.3 Å². The lowest BCUT2D eigenvalue weighted by atomic mass is 9.92. The number of hydrogen-bond acceptors (Lipinski definition) is 2. The maximum absolute atomic E-state index is 11.0. The molecule has 0 heterocycles. The molecule has 0 saturated heterocycles. The van der Waals surface area contributed by atoms with Gasteiger partial charge in [-0.3, -0.25) is 4.79 Å². The van der Waals surface area contributed by atoms with Gasteiger partial charge in [-0.1, -0.05) is 6.92 Å². The number of rotatable bonds is 2. The number of carbonyl (C=O) groups excluding carboxylic acids is 1. The minimum atomic E-state index is 0. The van der Waals surface area contributed by atoms with Crippen molar-refractivity contribution in [1.29, 1.82) is 0 Å². The van der Waals surface area contributed by atoms with Crippen LogP contribution in [0.5, 0.6) is 0 Å². The van der Waals surface area contributed by atoms with E-state index in [4.69, 9.17) is 5.73 Å². The largest absolute Gasteiger partial charge is 0.353 e. The van der Waals surface area contributed by atoms with Crippen molar-refractivity contribution in [2.45, 2.75) is 51.1 Å². The molecule has 4 heteroatoms. The maximum Gasteiger partial charge on any atom is 0.219 e. The molecule has 1 aliphatic carbocycles. The lowest BCUT2D eigenvalue weighted by molar-refractivity contribution is -0.121. The predicted molar refractivity (Wildman–Crippen MR) is 55.9 cm³/mol. The fraction of sp³-hybridized carbons (Fsp3) is 0.889. The van der Waals surface area contributed by atoms with Crippen LogP contribution < -0.4 is 11.1 Å². The Morgan fingerprint density at radius 3 is 2.38 bits per heavy atom. The zero-order chi connectivity index (χ0) is 8.97. The van der Waals surface area contributed by atoms with Crippen LogP contribution in [-0.2, 0) is 4.79 Å². The minimum absolute atomic E-state index is 0. The molecule has 3 N–H and O–H groups in total. The number of halogens is 1. The first-order valence-electron chi connectivity index (χ1n) is 4.77. The summed E-state index contributed by atoms with van der Waals surface area (Å²) < 4.78 is 0. The fourth-order valence-electron chi connectivity index (χ4n) is 1.59. The molecule has 3 nitrogen and oxygen atoms in total. The average Bonchev–Trinajstić information content (AvgIpc) is 2.09. The van der Waals surface area contributed by atoms with Crippen molar-refractivity contribution in [3.8, 4) is 0 Å². The van der Waals surface area contributed by atoms with E-state index >= 15 is 0 Å². The van der Waals surface area contributed by atoms with Gasteiger partial charge in [0.1, 0.15) is 0 Å². The van der Waals surface area contributed by atoms with E-state index in [1.54, 1.807) is 0 Å². The van der Waals surface area contributed by atoms with Gasteiger partial charge in [-0.15, -0.1) is 12.4 Å². The van der Waals surface area contributed by atoms with Gasteiger partial charge in [-0.05, 0) is 25.7 Å². The van der Waals surface area contributed by atoms with Gasteiger partial charge in [0.05, 0.1) is 0 Å². The Bertz CT molecular complexity index is 156. The zero-order valence-electron chi connectivity index (χ0n) is 8.08. The van der Waals surface area contributed by atoms with Crippen LogP contribution in [0, 0.1) is 0 Å². The van der Waals surface area contributed by atoms with E-state index in [1.165, 1.54) is 0 Å². The van der Waals surface area contributed by atoms with E-state index in [0.29, 0.717) is 18.5 Å². The number of nitrogens with one attached hydrogen (secondary N) is 1. The highest BCUT2D eigenvalue weighted by Crippen LogP contribution is 2.16. The van der Waals surface area contributed by atoms with Gasteiger partial charge in [-0.25, -0.2) is 0 Å². The Labute approximate surface area is 85.9 Å². The SMILES string of the molecule is CCC(=O)NC1CCC(N)CC1.Cl. The van der Waals surface area contributed by atoms with Crippen molar-refractivity contribution < 1.29 is 4.79 Å². The highest BCUT2D eigenvalue weighted by molar-refractivity contribution is 5.85. The molecular weight excluding hydrogens is 188 g/mol. The minimum Gasteiger partial charge on any atom is -0.353 e. The van der Waals surface area contributed by atoms with Gasteiger partial charge < -0.3 is 11.1 Å². The van der Waals surface area contributed by atoms with Crippen LogP contribution in [0.1, 0.15) is 39.0 Å². The maximum atomic E-state index is 11.0. The van der Waals surface area contributed by atoms with Crippen LogP contribution in [0.3, 0.4) is 0 Å². The number of hydrogen-bond donors (Lipinski definition) is 2. The molecule has 1 saturated carbocycles. The second-order valence-electron chi connectivity index (χ2n) is 3.53. The monoisotopic (exact) mass is 206 g/mol. The van der Waals surface area contributed by atoms with Crippen LogP contribution in [0.2, 0.25) is 0 Å². The molecule has 0 bridgehead atoms. The molecule has 1 rings (SSSR count). The molecule has 1 fully saturated rings. The molecular formula is C9H19ClN2O. The quantitative estimate of drug-likeness (QED) is 0.714. The summed E-state index contributed by atoms with van der Waals surface area (Å²) in [5.41, 5.74) is 5.75. The van der Waals surface area contributed by atoms with Gasteiger partial charge >= 0.3 is 0 Å². The Hall–Kier alpha value is -0.280. The van der Waals surface area contributed by atoms with Gasteiger partial charge in [0.2, 0.25) is 5.91 Å². The van der Waals surface area contributed by atoms with E-state index in [1.807, 2.05) is 6.92 Å². The van der Waals surface area contributed by atoms with E-state index < -0.39 is 0 Å². The second-order valence-corrected chi connectivity index (χ2v) is 3.53. The summed E-state index contributed by atoms with van der Waals surface area (Å²) in [7, 11) is 0. The molecule has 13 heavy (non-hydrogen) atoms. The van der Waals surface area contributed by atoms with E-state index in [9.17, 15) is 4.79 Å². The Kier molecular flexibility index (Phi) is 6.08. The molecule has 0 radical (unpaired) electrons. The van der Waals surface area contributed by atoms with Crippen molar-refractivity contribution in [2.75, 3.05) is 0 Å². The lowest BCUT2D eigenvalue weighted by Gasteiger charge is -2.26. The van der Waals surface area contributed by atoms with Crippen LogP contribution in [0.25, 0.3) is 0 Å². The van der Waals surface area contributed by atoms with Crippen LogP contribution >= 0.6 is 12.4 Å². The number of amides is 1. The first-order chi connectivity index (χ1) is 5.72. The van der Waals surface area contributed by atoms with Crippen LogP contribution in [0.4, 0.5) is 0 Å². The summed E-state index contributed by atoms with van der Waals surface area (Å²) in [6, 6.07) is 0.747. The highest BCUT2D eigenvalue weighted by Gasteiger charge is 2.18. The Morgan fingerprint density at radius 1 is 1.38 bits per heavy atom. The summed E-state index contributed by atoms with van der Waals surface area (Å²) in [5, 5.41) is 2.99. The standard InChI is InChI=1S/C9H18N2O.ClH/c1-2-9(12)11-8-5-3-7(10)4-6-8;/h7-8H,2-6,10H2,1H3,(H,11,12);1H. The highest BCUT2D eigenvalue weighted by atomic mass is 35.5. The number of nitrogens with two attached hydrogens (primary N) is 1. The normalized spacial score (nSPS) is 27.5. The molecule has 0 atom stereocenters. The van der Waals surface area contributed by atoms with Gasteiger partial charge in [0.15, 0.2) is 0 Å². The molecule has 0 spiro atoms. The third-order valence-corrected chi connectivity index (χ3v) is 2.46. The van der Waals surface area contributed by atoms with E-state index in [2.05, 4.69) is 5.32 Å². The van der Waals surface area contributed by atoms with Gasteiger partial charge in [-0.2, -0.15) is 0 Å². The molecule has 0 unspecified atom stereocenters. The molecule has 0 aromatic rings. The van der Waals surface area contributed by atoms with Crippen molar-refractivity contribution in [3.05, 3.63) is 0 Å². The zero-order valence-corrected chi connectivity index (χ0v) is 8.90. The summed E-state index contributed by atoms with van der Waals surface area (Å²) in [6.07, 6.45) is 4.78. The molecule has 0 aliphatic heterocycles. The average molecular weight is 207 g/mol. The lowest BCUT2D eigenvalue weighted by Crippen LogP contribution is -2.40. The molecule has 78 valence electrons. The second kappa shape index (κ2) is 6.22. The van der Waals surface area contributed by atoms with Gasteiger partial charge in [0.25, 0.3) is 0 Å². The Morgan fingerprint density at radius 2 is 1.92 bits per heavy atom. The van der Waals surface area contributed by atoms with Crippen molar-refractivity contribution in [1.82, 2.24) is 5.32 Å². The molecule has 1 amide bonds. The summed E-state index contributed by atoms with van der Waals surface area (Å²) in [4.78, 5) is 11.0. The molecule has 0 aromatic heterocycles. The van der Waals surface area contributed by atoms with Crippen LogP contribution in [0.15, 0.2) is 0 Å². The van der Waals surface area contributed by atoms with E-state index in [0.717, 1.165) is 25.7 Å². The first kappa shape index (κ1) is 12.7. The summed E-state index contributed by atoms with van der Waals surface area (Å²) in [5.74, 6) is 0.162. The third-order valence-electron chi connectivity index (χ3n) is 2.46. The number of carbonyl (C=O) groups is 1. The fourth-order valence-corrected chi connectivity index (χ4v) is 1.59. The van der Waals surface area contributed by atoms with Gasteiger partial charge in [0, 0.05) is 18.5 Å². The first-order valence-corrected chi connectivity index (χ1v) is 4.77. The topological polar surface area (TPSA) is 55.1 Å². The molecule has 1 aliphatic rings. The Balaban J connectivity index is 0.00000144. The van der Waals surface area contributed by atoms with Crippen molar-refractivity contribution >= 4 is 18.3 Å². The predicted octanol–water partition coefficient (Wildman–Crippen LogP) is 1.20. The van der Waals surface area contributed by atoms with Crippen molar-refractivity contribution in [3.63, 3.8) is 0 Å². The third kappa shape index (κ3) is 4.48. The van der Waals surface area contributed by atoms with Crippen molar-refractivity contribution in [2.24, 2.45) is 5.73 Å². The smallest absolute Gasteiger partial charge is 0.219 e. The summed E-state index contributed by atoms with van der Waals surface area (Å²) >= 11 is 0. The molecule has 0 aromatic carbocycles. The van der Waals surface area contributed by atoms with Crippen LogP contribution in [-0.4, -0.2) is 18.0 Å².